The molecule has 0 aliphatic heterocycles. The first-order valence-corrected chi connectivity index (χ1v) is 10.6. The summed E-state index contributed by atoms with van der Waals surface area (Å²) >= 11 is 4.74. The minimum Gasteiger partial charge on any atom is -0.467 e. The molecule has 0 saturated heterocycles. The number of rotatable bonds is 9. The molecule has 2 N–H and O–H groups in total. The standard InChI is InChI=1S/C14H19BrN2O5S2/c1-22-14(19)12(7-8-23-2)17-13(18)9-16-24(20,21)11-5-3-10(15)4-6-11/h3-6,12,16H,7-9H2,1-2H3,(H,17,18)/t12-/m0/s1. The van der Waals surface area contributed by atoms with E-state index in [1.54, 1.807) is 12.1 Å². The number of esters is 1. The number of hydrogen-bond acceptors (Lipinski definition) is 6. The lowest BCUT2D eigenvalue weighted by atomic mass is 10.2. The van der Waals surface area contributed by atoms with Gasteiger partial charge in [0, 0.05) is 4.47 Å². The minimum absolute atomic E-state index is 0.0467. The maximum Gasteiger partial charge on any atom is 0.328 e. The van der Waals surface area contributed by atoms with Gasteiger partial charge in [0.2, 0.25) is 15.9 Å². The molecule has 1 rings (SSSR count). The molecule has 7 nitrogen and oxygen atoms in total. The molecular formula is C14H19BrN2O5S2. The SMILES string of the molecule is COC(=O)[C@H](CCSC)NC(=O)CNS(=O)(=O)c1ccc(Br)cc1. The van der Waals surface area contributed by atoms with Crippen LogP contribution < -0.4 is 10.0 Å². The van der Waals surface area contributed by atoms with Gasteiger partial charge in [-0.05, 0) is 42.7 Å². The first-order chi connectivity index (χ1) is 11.3. The molecule has 1 aromatic carbocycles. The van der Waals surface area contributed by atoms with E-state index in [1.807, 2.05) is 6.26 Å². The highest BCUT2D eigenvalue weighted by Crippen LogP contribution is 2.14. The van der Waals surface area contributed by atoms with Gasteiger partial charge in [0.05, 0.1) is 18.6 Å². The third kappa shape index (κ3) is 6.80. The average Bonchev–Trinajstić information content (AvgIpc) is 2.56. The van der Waals surface area contributed by atoms with E-state index < -0.39 is 34.5 Å². The van der Waals surface area contributed by atoms with E-state index in [0.29, 0.717) is 12.2 Å². The van der Waals surface area contributed by atoms with Gasteiger partial charge in [0.15, 0.2) is 0 Å². The topological polar surface area (TPSA) is 102 Å². The number of ether oxygens (including phenoxy) is 1. The van der Waals surface area contributed by atoms with Crippen molar-refractivity contribution in [1.82, 2.24) is 10.0 Å². The summed E-state index contributed by atoms with van der Waals surface area (Å²) in [5, 5.41) is 2.47. The van der Waals surface area contributed by atoms with Crippen LogP contribution in [0.2, 0.25) is 0 Å². The van der Waals surface area contributed by atoms with Crippen molar-refractivity contribution in [2.75, 3.05) is 25.7 Å². The Balaban J connectivity index is 2.63. The molecule has 0 aliphatic carbocycles. The number of halogens is 1. The molecule has 24 heavy (non-hydrogen) atoms. The van der Waals surface area contributed by atoms with Gasteiger partial charge < -0.3 is 10.1 Å². The molecule has 1 aromatic rings. The molecule has 1 amide bonds. The van der Waals surface area contributed by atoms with E-state index in [4.69, 9.17) is 0 Å². The number of benzene rings is 1. The molecule has 134 valence electrons. The molecule has 1 atom stereocenters. The van der Waals surface area contributed by atoms with Crippen molar-refractivity contribution >= 4 is 49.6 Å². The van der Waals surface area contributed by atoms with E-state index >= 15 is 0 Å². The van der Waals surface area contributed by atoms with E-state index in [-0.39, 0.29) is 4.90 Å². The molecule has 0 bridgehead atoms. The number of nitrogens with one attached hydrogen (secondary N) is 2. The van der Waals surface area contributed by atoms with Crippen LogP contribution in [0.25, 0.3) is 0 Å². The second kappa shape index (κ2) is 10.0. The van der Waals surface area contributed by atoms with Gasteiger partial charge in [-0.1, -0.05) is 15.9 Å². The Morgan fingerprint density at radius 1 is 1.29 bits per heavy atom. The van der Waals surface area contributed by atoms with Crippen LogP contribution in [0.5, 0.6) is 0 Å². The zero-order chi connectivity index (χ0) is 18.2. The first-order valence-electron chi connectivity index (χ1n) is 6.91. The summed E-state index contributed by atoms with van der Waals surface area (Å²) in [4.78, 5) is 23.6. The lowest BCUT2D eigenvalue weighted by Crippen LogP contribution is -2.46. The third-order valence-corrected chi connectivity index (χ3v) is 5.57. The molecule has 0 aliphatic rings. The van der Waals surface area contributed by atoms with E-state index in [9.17, 15) is 18.0 Å². The fourth-order valence-electron chi connectivity index (χ4n) is 1.73. The van der Waals surface area contributed by atoms with E-state index in [2.05, 4.69) is 30.7 Å². The molecule has 0 radical (unpaired) electrons. The number of carbonyl (C=O) groups is 2. The number of carbonyl (C=O) groups excluding carboxylic acids is 2. The molecule has 0 unspecified atom stereocenters. The Morgan fingerprint density at radius 2 is 1.92 bits per heavy atom. The zero-order valence-electron chi connectivity index (χ0n) is 13.2. The lowest BCUT2D eigenvalue weighted by Gasteiger charge is -2.16. The second-order valence-electron chi connectivity index (χ2n) is 4.70. The van der Waals surface area contributed by atoms with Crippen molar-refractivity contribution in [2.45, 2.75) is 17.4 Å². The highest BCUT2D eigenvalue weighted by Gasteiger charge is 2.22. The highest BCUT2D eigenvalue weighted by atomic mass is 79.9. The molecule has 0 fully saturated rings. The van der Waals surface area contributed by atoms with Crippen molar-refractivity contribution in [3.05, 3.63) is 28.7 Å². The smallest absolute Gasteiger partial charge is 0.328 e. The molecular weight excluding hydrogens is 420 g/mol. The van der Waals surface area contributed by atoms with Gasteiger partial charge >= 0.3 is 5.97 Å². The van der Waals surface area contributed by atoms with Crippen LogP contribution in [0.3, 0.4) is 0 Å². The largest absolute Gasteiger partial charge is 0.467 e. The van der Waals surface area contributed by atoms with Crippen LogP contribution in [0.15, 0.2) is 33.6 Å². The van der Waals surface area contributed by atoms with Crippen molar-refractivity contribution in [3.8, 4) is 0 Å². The summed E-state index contributed by atoms with van der Waals surface area (Å²) in [6.07, 6.45) is 2.28. The van der Waals surface area contributed by atoms with Gasteiger partial charge in [-0.15, -0.1) is 0 Å². The summed E-state index contributed by atoms with van der Waals surface area (Å²) in [5.41, 5.74) is 0. The maximum absolute atomic E-state index is 12.1. The molecule has 0 aromatic heterocycles. The van der Waals surface area contributed by atoms with Gasteiger partial charge in [0.25, 0.3) is 0 Å². The van der Waals surface area contributed by atoms with Crippen molar-refractivity contribution in [2.24, 2.45) is 0 Å². The Morgan fingerprint density at radius 3 is 2.46 bits per heavy atom. The van der Waals surface area contributed by atoms with Gasteiger partial charge in [-0.3, -0.25) is 4.79 Å². The van der Waals surface area contributed by atoms with Gasteiger partial charge in [0.1, 0.15) is 6.04 Å². The molecule has 0 spiro atoms. The Kier molecular flexibility index (Phi) is 8.74. The summed E-state index contributed by atoms with van der Waals surface area (Å²) in [5.74, 6) is -0.509. The van der Waals surface area contributed by atoms with Crippen LogP contribution in [-0.2, 0) is 24.3 Å². The molecule has 0 saturated carbocycles. The second-order valence-corrected chi connectivity index (χ2v) is 8.37. The van der Waals surface area contributed by atoms with Crippen LogP contribution >= 0.6 is 27.7 Å². The van der Waals surface area contributed by atoms with Crippen LogP contribution in [0.4, 0.5) is 0 Å². The normalized spacial score (nSPS) is 12.5. The summed E-state index contributed by atoms with van der Waals surface area (Å²) in [6.45, 7) is -0.467. The summed E-state index contributed by atoms with van der Waals surface area (Å²) < 4.78 is 31.8. The number of sulfonamides is 1. The summed E-state index contributed by atoms with van der Waals surface area (Å²) in [7, 11) is -2.57. The van der Waals surface area contributed by atoms with E-state index in [0.717, 1.165) is 4.47 Å². The fraction of sp³-hybridized carbons (Fsp3) is 0.429. The first kappa shape index (κ1) is 20.9. The molecule has 0 heterocycles. The molecule has 10 heteroatoms. The van der Waals surface area contributed by atoms with Crippen LogP contribution in [-0.4, -0.2) is 52.0 Å². The van der Waals surface area contributed by atoms with Gasteiger partial charge in [-0.2, -0.15) is 11.8 Å². The van der Waals surface area contributed by atoms with Crippen molar-refractivity contribution < 1.29 is 22.7 Å². The average molecular weight is 439 g/mol. The lowest BCUT2D eigenvalue weighted by molar-refractivity contribution is -0.145. The number of amides is 1. The Labute approximate surface area is 154 Å². The minimum atomic E-state index is -3.80. The predicted molar refractivity (Wildman–Crippen MR) is 96.3 cm³/mol. The number of thioether (sulfide) groups is 1. The maximum atomic E-state index is 12.1. The monoisotopic (exact) mass is 438 g/mol. The zero-order valence-corrected chi connectivity index (χ0v) is 16.5. The predicted octanol–water partition coefficient (Wildman–Crippen LogP) is 1.14. The third-order valence-electron chi connectivity index (χ3n) is 2.98. The van der Waals surface area contributed by atoms with Gasteiger partial charge in [-0.25, -0.2) is 17.9 Å². The summed E-state index contributed by atoms with van der Waals surface area (Å²) in [6, 6.07) is 5.21. The highest BCUT2D eigenvalue weighted by molar-refractivity contribution is 9.10. The Hall–Kier alpha value is -1.10. The van der Waals surface area contributed by atoms with Crippen LogP contribution in [0, 0.1) is 0 Å². The van der Waals surface area contributed by atoms with Crippen molar-refractivity contribution in [3.63, 3.8) is 0 Å². The van der Waals surface area contributed by atoms with Crippen LogP contribution in [0.1, 0.15) is 6.42 Å². The van der Waals surface area contributed by atoms with Crippen molar-refractivity contribution in [1.29, 1.82) is 0 Å². The Bertz CT molecular complexity index is 664. The number of methoxy groups -OCH3 is 1. The van der Waals surface area contributed by atoms with E-state index in [1.165, 1.54) is 31.0 Å². The quantitative estimate of drug-likeness (QED) is 0.560. The fourth-order valence-corrected chi connectivity index (χ4v) is 3.45. The number of hydrogen-bond donors (Lipinski definition) is 2.